The first kappa shape index (κ1) is 13.3. The van der Waals surface area contributed by atoms with E-state index in [1.165, 1.54) is 9.65 Å². The van der Waals surface area contributed by atoms with Gasteiger partial charge in [0.25, 0.3) is 0 Å². The Bertz CT molecular complexity index is 502. The molecule has 6 heteroatoms. The molecule has 1 saturated carbocycles. The summed E-state index contributed by atoms with van der Waals surface area (Å²) in [7, 11) is -0.165. The first-order valence-electron chi connectivity index (χ1n) is 7.32. The van der Waals surface area contributed by atoms with Crippen molar-refractivity contribution < 1.29 is 14.0 Å². The summed E-state index contributed by atoms with van der Waals surface area (Å²) in [6, 6.07) is 4.36. The molecule has 2 unspecified atom stereocenters. The molecule has 4 nitrogen and oxygen atoms in total. The molecule has 3 heterocycles. The van der Waals surface area contributed by atoms with Gasteiger partial charge < -0.3 is 14.0 Å². The molecule has 1 aliphatic carbocycles. The fraction of sp³-hybridized carbons (Fsp3) is 0.714. The average molecular weight is 293 g/mol. The molecule has 4 rings (SSSR count). The minimum atomic E-state index is -0.165. The Morgan fingerprint density at radius 2 is 1.90 bits per heavy atom. The second-order valence-corrected chi connectivity index (χ2v) is 7.60. The number of fused-ring (bicyclic) bond motifs is 1. The van der Waals surface area contributed by atoms with Gasteiger partial charge in [0.1, 0.15) is 0 Å². The highest BCUT2D eigenvalue weighted by Gasteiger charge is 2.71. The van der Waals surface area contributed by atoms with Crippen LogP contribution >= 0.6 is 11.3 Å². The standard InChI is InChI=1S/C14H20BNO3S/c1-13-10-14(13,2)19-15(18-13)12-4-3-11(20-12)9-16-5-7-17-8-6-16/h3-4H,5-10H2,1-2H3. The fourth-order valence-corrected chi connectivity index (χ4v) is 4.15. The smallest absolute Gasteiger partial charge is 0.398 e. The monoisotopic (exact) mass is 293 g/mol. The Morgan fingerprint density at radius 3 is 2.60 bits per heavy atom. The summed E-state index contributed by atoms with van der Waals surface area (Å²) in [4.78, 5) is 3.82. The van der Waals surface area contributed by atoms with Crippen LogP contribution in [0, 0.1) is 0 Å². The molecule has 0 spiro atoms. The molecular formula is C14H20BNO3S. The maximum atomic E-state index is 6.07. The molecule has 2 saturated heterocycles. The molecule has 0 amide bonds. The lowest BCUT2D eigenvalue weighted by molar-refractivity contribution is 0.0346. The molecule has 0 bridgehead atoms. The highest BCUT2D eigenvalue weighted by atomic mass is 32.1. The maximum Gasteiger partial charge on any atom is 0.505 e. The van der Waals surface area contributed by atoms with Gasteiger partial charge in [-0.1, -0.05) is 6.07 Å². The van der Waals surface area contributed by atoms with E-state index in [9.17, 15) is 0 Å². The zero-order valence-electron chi connectivity index (χ0n) is 12.1. The van der Waals surface area contributed by atoms with Crippen molar-refractivity contribution in [1.29, 1.82) is 0 Å². The molecule has 0 aromatic carbocycles. The van der Waals surface area contributed by atoms with E-state index >= 15 is 0 Å². The molecule has 1 aromatic rings. The van der Waals surface area contributed by atoms with Crippen molar-refractivity contribution in [3.8, 4) is 0 Å². The predicted molar refractivity (Wildman–Crippen MR) is 79.4 cm³/mol. The van der Waals surface area contributed by atoms with Crippen molar-refractivity contribution in [2.24, 2.45) is 0 Å². The Hall–Kier alpha value is -0.395. The van der Waals surface area contributed by atoms with E-state index in [-0.39, 0.29) is 18.3 Å². The van der Waals surface area contributed by atoms with Crippen molar-refractivity contribution >= 4 is 23.2 Å². The van der Waals surface area contributed by atoms with Crippen LogP contribution in [-0.4, -0.2) is 49.5 Å². The van der Waals surface area contributed by atoms with Gasteiger partial charge in [-0.2, -0.15) is 0 Å². The molecular weight excluding hydrogens is 273 g/mol. The van der Waals surface area contributed by atoms with E-state index in [1.54, 1.807) is 0 Å². The summed E-state index contributed by atoms with van der Waals surface area (Å²) < 4.78 is 18.7. The van der Waals surface area contributed by atoms with Crippen LogP contribution in [0.15, 0.2) is 12.1 Å². The zero-order valence-corrected chi connectivity index (χ0v) is 12.9. The second kappa shape index (κ2) is 4.55. The lowest BCUT2D eigenvalue weighted by Crippen LogP contribution is -2.35. The average Bonchev–Trinajstić information content (AvgIpc) is 2.78. The summed E-state index contributed by atoms with van der Waals surface area (Å²) in [6.07, 6.45) is 1.02. The number of ether oxygens (including phenoxy) is 1. The van der Waals surface area contributed by atoms with Crippen LogP contribution in [-0.2, 0) is 20.6 Å². The van der Waals surface area contributed by atoms with Crippen molar-refractivity contribution in [1.82, 2.24) is 4.90 Å². The van der Waals surface area contributed by atoms with Crippen LogP contribution in [0.5, 0.6) is 0 Å². The van der Waals surface area contributed by atoms with Gasteiger partial charge in [0.15, 0.2) is 0 Å². The number of thiophene rings is 1. The van der Waals surface area contributed by atoms with Gasteiger partial charge in [-0.3, -0.25) is 4.90 Å². The minimum absolute atomic E-state index is 0.0635. The van der Waals surface area contributed by atoms with Crippen molar-refractivity contribution in [3.63, 3.8) is 0 Å². The first-order chi connectivity index (χ1) is 9.58. The second-order valence-electron chi connectivity index (χ2n) is 6.40. The maximum absolute atomic E-state index is 6.07. The number of hydrogen-bond acceptors (Lipinski definition) is 5. The minimum Gasteiger partial charge on any atom is -0.398 e. The Kier molecular flexibility index (Phi) is 3.02. The van der Waals surface area contributed by atoms with Crippen LogP contribution < -0.4 is 4.78 Å². The van der Waals surface area contributed by atoms with E-state index in [2.05, 4.69) is 30.9 Å². The topological polar surface area (TPSA) is 30.9 Å². The van der Waals surface area contributed by atoms with Crippen molar-refractivity contribution in [2.45, 2.75) is 38.0 Å². The van der Waals surface area contributed by atoms with Crippen LogP contribution in [0.4, 0.5) is 0 Å². The van der Waals surface area contributed by atoms with Gasteiger partial charge in [-0.05, 0) is 19.9 Å². The number of hydrogen-bond donors (Lipinski definition) is 0. The Labute approximate surface area is 124 Å². The number of rotatable bonds is 3. The third-order valence-electron chi connectivity index (χ3n) is 4.80. The Balaban J connectivity index is 1.41. The van der Waals surface area contributed by atoms with Crippen LogP contribution in [0.25, 0.3) is 0 Å². The Morgan fingerprint density at radius 1 is 1.20 bits per heavy atom. The van der Waals surface area contributed by atoms with Gasteiger partial charge in [-0.15, -0.1) is 11.3 Å². The van der Waals surface area contributed by atoms with Gasteiger partial charge in [-0.25, -0.2) is 0 Å². The quantitative estimate of drug-likeness (QED) is 0.785. The van der Waals surface area contributed by atoms with E-state index in [0.29, 0.717) is 0 Å². The molecule has 3 aliphatic rings. The highest BCUT2D eigenvalue weighted by Crippen LogP contribution is 2.58. The van der Waals surface area contributed by atoms with E-state index in [4.69, 9.17) is 14.0 Å². The predicted octanol–water partition coefficient (Wildman–Crippen LogP) is 1.24. The molecule has 2 atom stereocenters. The molecule has 3 fully saturated rings. The normalized spacial score (nSPS) is 37.2. The molecule has 20 heavy (non-hydrogen) atoms. The van der Waals surface area contributed by atoms with Crippen LogP contribution in [0.3, 0.4) is 0 Å². The van der Waals surface area contributed by atoms with Gasteiger partial charge in [0, 0.05) is 35.7 Å². The third kappa shape index (κ3) is 2.14. The first-order valence-corrected chi connectivity index (χ1v) is 8.14. The summed E-state index contributed by atoms with van der Waals surface area (Å²) >= 11 is 1.81. The summed E-state index contributed by atoms with van der Waals surface area (Å²) in [5.41, 5.74) is -0.127. The van der Waals surface area contributed by atoms with Crippen LogP contribution in [0.1, 0.15) is 25.1 Å². The molecule has 1 aromatic heterocycles. The highest BCUT2D eigenvalue weighted by molar-refractivity contribution is 7.22. The van der Waals surface area contributed by atoms with E-state index in [1.807, 2.05) is 11.3 Å². The molecule has 108 valence electrons. The van der Waals surface area contributed by atoms with E-state index < -0.39 is 0 Å². The molecule has 2 aliphatic heterocycles. The van der Waals surface area contributed by atoms with Gasteiger partial charge in [0.2, 0.25) is 0 Å². The number of morpholine rings is 1. The number of nitrogens with zero attached hydrogens (tertiary/aromatic N) is 1. The lowest BCUT2D eigenvalue weighted by Gasteiger charge is -2.25. The largest absolute Gasteiger partial charge is 0.505 e. The van der Waals surface area contributed by atoms with Crippen molar-refractivity contribution in [3.05, 3.63) is 17.0 Å². The SMILES string of the molecule is CC12CC1(C)OB(c1ccc(CN3CCOCC3)s1)O2. The fourth-order valence-electron chi connectivity index (χ4n) is 3.13. The summed E-state index contributed by atoms with van der Waals surface area (Å²) in [5, 5.41) is 0. The van der Waals surface area contributed by atoms with E-state index in [0.717, 1.165) is 39.3 Å². The third-order valence-corrected chi connectivity index (χ3v) is 5.89. The molecule has 0 N–H and O–H groups in total. The van der Waals surface area contributed by atoms with Crippen LogP contribution in [0.2, 0.25) is 0 Å². The summed E-state index contributed by atoms with van der Waals surface area (Å²) in [5.74, 6) is 0. The zero-order chi connectivity index (χ0) is 13.8. The van der Waals surface area contributed by atoms with Gasteiger partial charge >= 0.3 is 7.12 Å². The van der Waals surface area contributed by atoms with Crippen molar-refractivity contribution in [2.75, 3.05) is 26.3 Å². The summed E-state index contributed by atoms with van der Waals surface area (Å²) in [6.45, 7) is 9.06. The molecule has 0 radical (unpaired) electrons. The lowest BCUT2D eigenvalue weighted by atomic mass is 9.87. The van der Waals surface area contributed by atoms with Gasteiger partial charge in [0.05, 0.1) is 24.4 Å².